The first-order valence-electron chi connectivity index (χ1n) is 7.25. The molecule has 0 unspecified atom stereocenters. The lowest BCUT2D eigenvalue weighted by Crippen LogP contribution is -2.08. The maximum atomic E-state index is 12.6. The number of benzene rings is 1. The largest absolute Gasteiger partial charge is 0.306 e. The maximum Gasteiger partial charge on any atom is 0.260 e. The molecule has 114 valence electrons. The van der Waals surface area contributed by atoms with Gasteiger partial charge in [-0.25, -0.2) is 4.98 Å². The molecule has 0 saturated carbocycles. The second-order valence-electron chi connectivity index (χ2n) is 5.56. The summed E-state index contributed by atoms with van der Waals surface area (Å²) < 4.78 is 0. The van der Waals surface area contributed by atoms with Gasteiger partial charge >= 0.3 is 0 Å². The van der Waals surface area contributed by atoms with Gasteiger partial charge in [0.15, 0.2) is 0 Å². The molecule has 0 aliphatic heterocycles. The van der Waals surface area contributed by atoms with Crippen molar-refractivity contribution in [2.45, 2.75) is 13.8 Å². The van der Waals surface area contributed by atoms with E-state index in [1.807, 2.05) is 22.2 Å². The van der Waals surface area contributed by atoms with Gasteiger partial charge in [-0.2, -0.15) is 11.3 Å². The van der Waals surface area contributed by atoms with Crippen LogP contribution in [0.15, 0.2) is 45.2 Å². The topological polar surface area (TPSA) is 45.8 Å². The Morgan fingerprint density at radius 1 is 1.04 bits per heavy atom. The third kappa shape index (κ3) is 2.42. The Kier molecular flexibility index (Phi) is 3.39. The van der Waals surface area contributed by atoms with Gasteiger partial charge in [-0.1, -0.05) is 18.2 Å². The van der Waals surface area contributed by atoms with E-state index in [-0.39, 0.29) is 5.56 Å². The molecule has 0 saturated heterocycles. The first-order chi connectivity index (χ1) is 11.1. The fourth-order valence-corrected chi connectivity index (χ4v) is 4.19. The Morgan fingerprint density at radius 2 is 1.91 bits per heavy atom. The number of aryl methyl sites for hydroxylation is 2. The summed E-state index contributed by atoms with van der Waals surface area (Å²) >= 11 is 3.11. The Labute approximate surface area is 141 Å². The number of hydrogen-bond acceptors (Lipinski definition) is 4. The van der Waals surface area contributed by atoms with Crippen molar-refractivity contribution in [2.75, 3.05) is 0 Å². The van der Waals surface area contributed by atoms with Crippen molar-refractivity contribution in [2.24, 2.45) is 0 Å². The second-order valence-corrected chi connectivity index (χ2v) is 7.19. The Morgan fingerprint density at radius 3 is 2.65 bits per heavy atom. The highest BCUT2D eigenvalue weighted by Gasteiger charge is 2.14. The number of H-pyrrole nitrogens is 1. The molecule has 5 heteroatoms. The van der Waals surface area contributed by atoms with Crippen LogP contribution in [0.5, 0.6) is 0 Å². The highest BCUT2D eigenvalue weighted by atomic mass is 32.1. The average Bonchev–Trinajstić information content (AvgIpc) is 3.19. The molecule has 1 aromatic carbocycles. The molecule has 3 heterocycles. The maximum absolute atomic E-state index is 12.6. The summed E-state index contributed by atoms with van der Waals surface area (Å²) in [5.74, 6) is 0.636. The van der Waals surface area contributed by atoms with Gasteiger partial charge in [-0.15, -0.1) is 11.3 Å². The van der Waals surface area contributed by atoms with Crippen LogP contribution in [0.3, 0.4) is 0 Å². The van der Waals surface area contributed by atoms with Crippen LogP contribution in [-0.2, 0) is 0 Å². The lowest BCUT2D eigenvalue weighted by atomic mass is 10.0. The van der Waals surface area contributed by atoms with Crippen LogP contribution in [-0.4, -0.2) is 9.97 Å². The summed E-state index contributed by atoms with van der Waals surface area (Å²) in [6, 6.07) is 8.25. The Balaban J connectivity index is 1.93. The van der Waals surface area contributed by atoms with E-state index in [0.29, 0.717) is 11.2 Å². The van der Waals surface area contributed by atoms with Crippen LogP contribution in [0.2, 0.25) is 0 Å². The van der Waals surface area contributed by atoms with Crippen LogP contribution in [0.1, 0.15) is 11.1 Å². The van der Waals surface area contributed by atoms with Crippen LogP contribution >= 0.6 is 22.7 Å². The molecule has 0 spiro atoms. The van der Waals surface area contributed by atoms with Crippen molar-refractivity contribution in [3.63, 3.8) is 0 Å². The SMILES string of the molecule is Cc1ccc(-c2csc3nc(-c4ccsc4)[nH]c(=O)c23)cc1C. The van der Waals surface area contributed by atoms with Crippen molar-refractivity contribution in [3.8, 4) is 22.5 Å². The van der Waals surface area contributed by atoms with E-state index in [9.17, 15) is 4.79 Å². The van der Waals surface area contributed by atoms with Gasteiger partial charge in [-0.3, -0.25) is 4.79 Å². The molecule has 0 amide bonds. The van der Waals surface area contributed by atoms with Gasteiger partial charge in [0.25, 0.3) is 5.56 Å². The third-order valence-corrected chi connectivity index (χ3v) is 5.61. The minimum absolute atomic E-state index is 0.0781. The van der Waals surface area contributed by atoms with E-state index in [4.69, 9.17) is 0 Å². The zero-order valence-electron chi connectivity index (χ0n) is 12.7. The fraction of sp³-hybridized carbons (Fsp3) is 0.111. The number of nitrogens with zero attached hydrogens (tertiary/aromatic N) is 1. The van der Waals surface area contributed by atoms with Gasteiger partial charge < -0.3 is 4.98 Å². The predicted octanol–water partition coefficient (Wildman–Crippen LogP) is 5.00. The lowest BCUT2D eigenvalue weighted by Gasteiger charge is -2.04. The molecular formula is C18H14N2OS2. The number of nitrogens with one attached hydrogen (secondary N) is 1. The molecule has 3 aromatic heterocycles. The van der Waals surface area contributed by atoms with Gasteiger partial charge in [0.2, 0.25) is 0 Å². The normalized spacial score (nSPS) is 11.2. The summed E-state index contributed by atoms with van der Waals surface area (Å²) in [5.41, 5.74) is 5.37. The van der Waals surface area contributed by atoms with Crippen molar-refractivity contribution >= 4 is 32.9 Å². The zero-order chi connectivity index (χ0) is 16.0. The second kappa shape index (κ2) is 5.44. The first-order valence-corrected chi connectivity index (χ1v) is 9.07. The molecular weight excluding hydrogens is 324 g/mol. The molecule has 4 rings (SSSR count). The van der Waals surface area contributed by atoms with E-state index in [2.05, 4.69) is 42.0 Å². The van der Waals surface area contributed by atoms with Gasteiger partial charge in [-0.05, 0) is 42.0 Å². The van der Waals surface area contributed by atoms with Gasteiger partial charge in [0.1, 0.15) is 10.7 Å². The summed E-state index contributed by atoms with van der Waals surface area (Å²) in [7, 11) is 0. The highest BCUT2D eigenvalue weighted by Crippen LogP contribution is 2.32. The minimum Gasteiger partial charge on any atom is -0.306 e. The molecule has 0 fully saturated rings. The van der Waals surface area contributed by atoms with E-state index in [1.165, 1.54) is 22.5 Å². The molecule has 1 N–H and O–H groups in total. The average molecular weight is 338 g/mol. The minimum atomic E-state index is -0.0781. The molecule has 0 bridgehead atoms. The lowest BCUT2D eigenvalue weighted by molar-refractivity contribution is 1.19. The van der Waals surface area contributed by atoms with Crippen LogP contribution in [0.25, 0.3) is 32.7 Å². The number of aromatic amines is 1. The van der Waals surface area contributed by atoms with Crippen molar-refractivity contribution < 1.29 is 0 Å². The predicted molar refractivity (Wildman–Crippen MR) is 98.5 cm³/mol. The molecule has 0 aliphatic carbocycles. The molecule has 4 aromatic rings. The van der Waals surface area contributed by atoms with E-state index in [0.717, 1.165) is 21.5 Å². The smallest absolute Gasteiger partial charge is 0.260 e. The summed E-state index contributed by atoms with van der Waals surface area (Å²) in [4.78, 5) is 21.0. The summed E-state index contributed by atoms with van der Waals surface area (Å²) in [6.07, 6.45) is 0. The first kappa shape index (κ1) is 14.4. The number of fused-ring (bicyclic) bond motifs is 1. The van der Waals surface area contributed by atoms with Crippen LogP contribution in [0, 0.1) is 13.8 Å². The monoisotopic (exact) mass is 338 g/mol. The van der Waals surface area contributed by atoms with Crippen molar-refractivity contribution in [1.82, 2.24) is 9.97 Å². The third-order valence-electron chi connectivity index (χ3n) is 4.06. The molecule has 0 radical (unpaired) electrons. The van der Waals surface area contributed by atoms with Gasteiger partial charge in [0.05, 0.1) is 5.39 Å². The summed E-state index contributed by atoms with van der Waals surface area (Å²) in [6.45, 7) is 4.18. The quantitative estimate of drug-likeness (QED) is 0.559. The summed E-state index contributed by atoms with van der Waals surface area (Å²) in [5, 5.41) is 6.67. The van der Waals surface area contributed by atoms with Crippen molar-refractivity contribution in [3.05, 3.63) is 61.9 Å². The molecule has 0 aliphatic rings. The highest BCUT2D eigenvalue weighted by molar-refractivity contribution is 7.17. The Bertz CT molecular complexity index is 1060. The number of hydrogen-bond donors (Lipinski definition) is 1. The van der Waals surface area contributed by atoms with Crippen LogP contribution in [0.4, 0.5) is 0 Å². The van der Waals surface area contributed by atoms with E-state index in [1.54, 1.807) is 11.3 Å². The number of aromatic nitrogens is 2. The Hall–Kier alpha value is -2.24. The van der Waals surface area contributed by atoms with Crippen LogP contribution < -0.4 is 5.56 Å². The van der Waals surface area contributed by atoms with E-state index < -0.39 is 0 Å². The van der Waals surface area contributed by atoms with Gasteiger partial charge in [0, 0.05) is 21.9 Å². The molecule has 3 nitrogen and oxygen atoms in total. The van der Waals surface area contributed by atoms with E-state index >= 15 is 0 Å². The molecule has 0 atom stereocenters. The van der Waals surface area contributed by atoms with Crippen molar-refractivity contribution in [1.29, 1.82) is 0 Å². The zero-order valence-corrected chi connectivity index (χ0v) is 14.3. The molecule has 23 heavy (non-hydrogen) atoms. The fourth-order valence-electron chi connectivity index (χ4n) is 2.61. The standard InChI is InChI=1S/C18H14N2OS2/c1-10-3-4-12(7-11(10)2)14-9-23-18-15(14)17(21)19-16(20-18)13-5-6-22-8-13/h3-9H,1-2H3,(H,19,20,21). The number of thiophene rings is 2. The number of rotatable bonds is 2.